The van der Waals surface area contributed by atoms with Crippen LogP contribution in [-0.2, 0) is 6.54 Å². The molecule has 1 saturated carbocycles. The van der Waals surface area contributed by atoms with Crippen LogP contribution in [0.5, 0.6) is 11.5 Å². The molecule has 0 saturated heterocycles. The summed E-state index contributed by atoms with van der Waals surface area (Å²) < 4.78 is 10.8. The fourth-order valence-corrected chi connectivity index (χ4v) is 4.59. The first-order valence-electron chi connectivity index (χ1n) is 11.7. The Balaban J connectivity index is 1.29. The van der Waals surface area contributed by atoms with Crippen molar-refractivity contribution in [3.05, 3.63) is 48.0 Å². The lowest BCUT2D eigenvalue weighted by molar-refractivity contribution is 0.322. The molecular formula is C26H35N5O2. The highest BCUT2D eigenvalue weighted by atomic mass is 16.5. The summed E-state index contributed by atoms with van der Waals surface area (Å²) in [6, 6.07) is 14.5. The summed E-state index contributed by atoms with van der Waals surface area (Å²) in [6.45, 7) is 1.78. The first-order chi connectivity index (χ1) is 16.1. The quantitative estimate of drug-likeness (QED) is 0.499. The highest BCUT2D eigenvalue weighted by molar-refractivity contribution is 5.90. The Bertz CT molecular complexity index is 1060. The predicted octanol–water partition coefficient (Wildman–Crippen LogP) is 4.47. The Morgan fingerprint density at radius 2 is 1.76 bits per heavy atom. The van der Waals surface area contributed by atoms with E-state index in [9.17, 15) is 0 Å². The molecule has 2 N–H and O–H groups in total. The van der Waals surface area contributed by atoms with Gasteiger partial charge in [0.15, 0.2) is 0 Å². The van der Waals surface area contributed by atoms with Gasteiger partial charge in [0.05, 0.1) is 19.7 Å². The smallest absolute Gasteiger partial charge is 0.225 e. The van der Waals surface area contributed by atoms with E-state index in [0.29, 0.717) is 12.0 Å². The molecule has 3 aromatic rings. The lowest BCUT2D eigenvalue weighted by atomic mass is 9.86. The number of ether oxygens (including phenoxy) is 2. The monoisotopic (exact) mass is 449 g/mol. The Hall–Kier alpha value is -3.06. The molecule has 1 heterocycles. The average Bonchev–Trinajstić information content (AvgIpc) is 2.84. The van der Waals surface area contributed by atoms with Gasteiger partial charge >= 0.3 is 0 Å². The van der Waals surface area contributed by atoms with Crippen molar-refractivity contribution in [2.45, 2.75) is 38.3 Å². The van der Waals surface area contributed by atoms with E-state index < -0.39 is 0 Å². The van der Waals surface area contributed by atoms with Crippen LogP contribution >= 0.6 is 0 Å². The fraction of sp³-hybridized carbons (Fsp3) is 0.462. The minimum Gasteiger partial charge on any atom is -0.497 e. The Labute approximate surface area is 196 Å². The van der Waals surface area contributed by atoms with Crippen molar-refractivity contribution in [2.24, 2.45) is 5.92 Å². The van der Waals surface area contributed by atoms with Crippen LogP contribution < -0.4 is 25.0 Å². The van der Waals surface area contributed by atoms with Gasteiger partial charge in [-0.25, -0.2) is 4.98 Å². The molecule has 0 spiro atoms. The van der Waals surface area contributed by atoms with Crippen molar-refractivity contribution in [3.8, 4) is 11.5 Å². The van der Waals surface area contributed by atoms with Gasteiger partial charge in [0.25, 0.3) is 0 Å². The largest absolute Gasteiger partial charge is 0.497 e. The second kappa shape index (κ2) is 10.7. The molecule has 33 heavy (non-hydrogen) atoms. The van der Waals surface area contributed by atoms with Gasteiger partial charge in [-0.1, -0.05) is 12.1 Å². The van der Waals surface area contributed by atoms with Gasteiger partial charge in [-0.3, -0.25) is 0 Å². The second-order valence-electron chi connectivity index (χ2n) is 8.95. The summed E-state index contributed by atoms with van der Waals surface area (Å²) in [4.78, 5) is 11.6. The van der Waals surface area contributed by atoms with E-state index in [1.807, 2.05) is 44.4 Å². The number of benzene rings is 2. The number of hydrogen-bond donors (Lipinski definition) is 2. The van der Waals surface area contributed by atoms with Gasteiger partial charge in [0.1, 0.15) is 17.3 Å². The van der Waals surface area contributed by atoms with Crippen molar-refractivity contribution in [1.82, 2.24) is 15.3 Å². The second-order valence-corrected chi connectivity index (χ2v) is 8.95. The summed E-state index contributed by atoms with van der Waals surface area (Å²) >= 11 is 0. The lowest BCUT2D eigenvalue weighted by Gasteiger charge is -2.29. The number of nitrogens with zero attached hydrogens (tertiary/aromatic N) is 3. The molecule has 0 unspecified atom stereocenters. The summed E-state index contributed by atoms with van der Waals surface area (Å²) in [7, 11) is 7.45. The molecule has 0 radical (unpaired) electrons. The maximum atomic E-state index is 5.49. The van der Waals surface area contributed by atoms with Gasteiger partial charge in [0, 0.05) is 37.6 Å². The average molecular weight is 450 g/mol. The number of methoxy groups -OCH3 is 2. The third-order valence-corrected chi connectivity index (χ3v) is 6.42. The van der Waals surface area contributed by atoms with Gasteiger partial charge < -0.3 is 25.0 Å². The molecule has 1 fully saturated rings. The molecule has 0 bridgehead atoms. The molecule has 0 amide bonds. The zero-order valence-electron chi connectivity index (χ0n) is 20.1. The predicted molar refractivity (Wildman–Crippen MR) is 134 cm³/mol. The van der Waals surface area contributed by atoms with Crippen LogP contribution in [0.25, 0.3) is 10.9 Å². The number of para-hydroxylation sites is 1. The van der Waals surface area contributed by atoms with Crippen LogP contribution in [0.1, 0.15) is 31.2 Å². The van der Waals surface area contributed by atoms with Crippen molar-refractivity contribution in [1.29, 1.82) is 0 Å². The summed E-state index contributed by atoms with van der Waals surface area (Å²) in [5.41, 5.74) is 2.10. The third kappa shape index (κ3) is 5.66. The minimum absolute atomic E-state index is 0.413. The number of nitrogens with one attached hydrogen (secondary N) is 2. The number of hydrogen-bond acceptors (Lipinski definition) is 7. The number of aromatic nitrogens is 2. The standard InChI is InChI=1S/C26H35N5O2/c1-31(2)25-22-7-5-6-8-23(22)29-26(30-25)28-20-11-9-18(10-12-20)16-27-17-19-15-21(32-3)13-14-24(19)33-4/h5-8,13-15,18,20,27H,9-12,16-17H2,1-4H3,(H,28,29,30)/t18-,20+. The molecule has 176 valence electrons. The topological polar surface area (TPSA) is 71.5 Å². The fourth-order valence-electron chi connectivity index (χ4n) is 4.59. The van der Waals surface area contributed by atoms with E-state index in [0.717, 1.165) is 65.7 Å². The molecule has 2 aromatic carbocycles. The summed E-state index contributed by atoms with van der Waals surface area (Å²) in [6.07, 6.45) is 4.63. The Morgan fingerprint density at radius 1 is 0.970 bits per heavy atom. The van der Waals surface area contributed by atoms with Crippen molar-refractivity contribution < 1.29 is 9.47 Å². The first kappa shape index (κ1) is 23.1. The maximum Gasteiger partial charge on any atom is 0.225 e. The molecule has 0 atom stereocenters. The van der Waals surface area contributed by atoms with Crippen molar-refractivity contribution in [3.63, 3.8) is 0 Å². The van der Waals surface area contributed by atoms with E-state index in [4.69, 9.17) is 19.4 Å². The lowest BCUT2D eigenvalue weighted by Crippen LogP contribution is -2.31. The van der Waals surface area contributed by atoms with E-state index in [1.165, 1.54) is 12.8 Å². The SMILES string of the molecule is COc1ccc(OC)c(CNC[C@H]2CC[C@@H](Nc3nc(N(C)C)c4ccccc4n3)CC2)c1. The van der Waals surface area contributed by atoms with Crippen LogP contribution in [0, 0.1) is 5.92 Å². The maximum absolute atomic E-state index is 5.49. The third-order valence-electron chi connectivity index (χ3n) is 6.42. The zero-order chi connectivity index (χ0) is 23.2. The van der Waals surface area contributed by atoms with Gasteiger partial charge in [-0.15, -0.1) is 0 Å². The molecule has 7 nitrogen and oxygen atoms in total. The van der Waals surface area contributed by atoms with Crippen LogP contribution in [0.4, 0.5) is 11.8 Å². The van der Waals surface area contributed by atoms with E-state index in [2.05, 4.69) is 27.7 Å². The highest BCUT2D eigenvalue weighted by Crippen LogP contribution is 2.29. The minimum atomic E-state index is 0.413. The van der Waals surface area contributed by atoms with Crippen molar-refractivity contribution in [2.75, 3.05) is 45.1 Å². The molecule has 7 heteroatoms. The van der Waals surface area contributed by atoms with Gasteiger partial charge in [-0.05, 0) is 68.5 Å². The van der Waals surface area contributed by atoms with E-state index in [1.54, 1.807) is 14.2 Å². The van der Waals surface area contributed by atoms with E-state index >= 15 is 0 Å². The van der Waals surface area contributed by atoms with Crippen LogP contribution in [0.3, 0.4) is 0 Å². The van der Waals surface area contributed by atoms with E-state index in [-0.39, 0.29) is 0 Å². The molecule has 1 aliphatic carbocycles. The zero-order valence-corrected chi connectivity index (χ0v) is 20.1. The molecular weight excluding hydrogens is 414 g/mol. The Morgan fingerprint density at radius 3 is 2.48 bits per heavy atom. The molecule has 1 aromatic heterocycles. The number of fused-ring (bicyclic) bond motifs is 1. The number of anilines is 2. The van der Waals surface area contributed by atoms with Crippen LogP contribution in [0.2, 0.25) is 0 Å². The van der Waals surface area contributed by atoms with Gasteiger partial charge in [0.2, 0.25) is 5.95 Å². The molecule has 4 rings (SSSR count). The summed E-state index contributed by atoms with van der Waals surface area (Å²) in [5, 5.41) is 8.29. The van der Waals surface area contributed by atoms with Crippen LogP contribution in [-0.4, -0.2) is 50.9 Å². The summed E-state index contributed by atoms with van der Waals surface area (Å²) in [5.74, 6) is 4.10. The van der Waals surface area contributed by atoms with Crippen LogP contribution in [0.15, 0.2) is 42.5 Å². The van der Waals surface area contributed by atoms with Gasteiger partial charge in [-0.2, -0.15) is 4.98 Å². The first-order valence-corrected chi connectivity index (χ1v) is 11.7. The normalized spacial score (nSPS) is 18.2. The Kier molecular flexibility index (Phi) is 7.50. The molecule has 1 aliphatic rings. The highest BCUT2D eigenvalue weighted by Gasteiger charge is 2.22. The number of rotatable bonds is 9. The van der Waals surface area contributed by atoms with Crippen molar-refractivity contribution >= 4 is 22.7 Å². The molecule has 0 aliphatic heterocycles.